The summed E-state index contributed by atoms with van der Waals surface area (Å²) >= 11 is 0. The minimum Gasteiger partial charge on any atom is -0.317 e. The van der Waals surface area contributed by atoms with Crippen molar-refractivity contribution in [2.75, 3.05) is 19.6 Å². The Kier molecular flexibility index (Phi) is 5.16. The minimum atomic E-state index is -2.11. The molecule has 7 heteroatoms. The van der Waals surface area contributed by atoms with Crippen molar-refractivity contribution in [3.05, 3.63) is 34.6 Å². The highest BCUT2D eigenvalue weighted by Crippen LogP contribution is 2.25. The summed E-state index contributed by atoms with van der Waals surface area (Å²) in [6.07, 6.45) is 1.56. The Labute approximate surface area is 119 Å². The second kappa shape index (κ2) is 6.70. The van der Waals surface area contributed by atoms with Crippen molar-refractivity contribution >= 4 is 0 Å². The molecule has 0 radical (unpaired) electrons. The SMILES string of the molecule is CCN(Cc1c(F)c(F)c(F)c(F)c1F)C1CCNCC1. The third-order valence-corrected chi connectivity index (χ3v) is 3.89. The fourth-order valence-electron chi connectivity index (χ4n) is 2.66. The summed E-state index contributed by atoms with van der Waals surface area (Å²) in [5.41, 5.74) is -0.758. The Morgan fingerprint density at radius 3 is 1.86 bits per heavy atom. The quantitative estimate of drug-likeness (QED) is 0.523. The van der Waals surface area contributed by atoms with Crippen LogP contribution >= 0.6 is 0 Å². The Morgan fingerprint density at radius 1 is 0.905 bits per heavy atom. The molecule has 1 aliphatic rings. The number of halogens is 5. The lowest BCUT2D eigenvalue weighted by molar-refractivity contribution is 0.157. The molecule has 0 aromatic heterocycles. The molecule has 1 saturated heterocycles. The second-order valence-electron chi connectivity index (χ2n) is 5.09. The van der Waals surface area contributed by atoms with Crippen LogP contribution in [0.15, 0.2) is 0 Å². The molecule has 1 heterocycles. The average Bonchev–Trinajstić information content (AvgIpc) is 2.52. The number of benzene rings is 1. The topological polar surface area (TPSA) is 15.3 Å². The van der Waals surface area contributed by atoms with E-state index in [1.54, 1.807) is 11.8 Å². The highest BCUT2D eigenvalue weighted by Gasteiger charge is 2.28. The van der Waals surface area contributed by atoms with E-state index in [0.717, 1.165) is 25.9 Å². The lowest BCUT2D eigenvalue weighted by Crippen LogP contribution is -2.43. The lowest BCUT2D eigenvalue weighted by Gasteiger charge is -2.34. The standard InChI is InChI=1S/C14H17F5N2/c1-2-21(8-3-5-20-6-4-8)7-9-10(15)12(17)14(19)13(18)11(9)16/h8,20H,2-7H2,1H3. The third kappa shape index (κ3) is 3.18. The first-order chi connectivity index (χ1) is 9.97. The van der Waals surface area contributed by atoms with Crippen LogP contribution in [0.4, 0.5) is 22.0 Å². The van der Waals surface area contributed by atoms with E-state index in [0.29, 0.717) is 6.54 Å². The first-order valence-electron chi connectivity index (χ1n) is 6.92. The molecule has 21 heavy (non-hydrogen) atoms. The van der Waals surface area contributed by atoms with Crippen LogP contribution in [0.2, 0.25) is 0 Å². The normalized spacial score (nSPS) is 16.7. The predicted octanol–water partition coefficient (Wildman–Crippen LogP) is 2.96. The lowest BCUT2D eigenvalue weighted by atomic mass is 10.0. The van der Waals surface area contributed by atoms with E-state index in [4.69, 9.17) is 0 Å². The first-order valence-corrected chi connectivity index (χ1v) is 6.92. The van der Waals surface area contributed by atoms with Crippen LogP contribution in [-0.2, 0) is 6.54 Å². The molecule has 0 saturated carbocycles. The smallest absolute Gasteiger partial charge is 0.200 e. The zero-order valence-corrected chi connectivity index (χ0v) is 11.7. The van der Waals surface area contributed by atoms with Crippen LogP contribution in [0.3, 0.4) is 0 Å². The molecule has 0 bridgehead atoms. The summed E-state index contributed by atoms with van der Waals surface area (Å²) in [7, 11) is 0. The third-order valence-electron chi connectivity index (χ3n) is 3.89. The van der Waals surface area contributed by atoms with Crippen LogP contribution in [0, 0.1) is 29.1 Å². The molecule has 0 amide bonds. The van der Waals surface area contributed by atoms with Gasteiger partial charge in [0, 0.05) is 18.2 Å². The Balaban J connectivity index is 2.29. The second-order valence-corrected chi connectivity index (χ2v) is 5.09. The molecule has 1 fully saturated rings. The van der Waals surface area contributed by atoms with Crippen LogP contribution in [0.5, 0.6) is 0 Å². The zero-order chi connectivity index (χ0) is 15.6. The van der Waals surface area contributed by atoms with Gasteiger partial charge in [0.1, 0.15) is 0 Å². The fraction of sp³-hybridized carbons (Fsp3) is 0.571. The molecule has 2 nitrogen and oxygen atoms in total. The maximum absolute atomic E-state index is 13.7. The molecule has 0 atom stereocenters. The predicted molar refractivity (Wildman–Crippen MR) is 68.2 cm³/mol. The van der Waals surface area contributed by atoms with Gasteiger partial charge in [0.05, 0.1) is 0 Å². The maximum atomic E-state index is 13.7. The van der Waals surface area contributed by atoms with Gasteiger partial charge in [-0.05, 0) is 32.5 Å². The summed E-state index contributed by atoms with van der Waals surface area (Å²) < 4.78 is 66.9. The van der Waals surface area contributed by atoms with E-state index in [1.807, 2.05) is 0 Å². The van der Waals surface area contributed by atoms with Crippen LogP contribution in [-0.4, -0.2) is 30.6 Å². The Morgan fingerprint density at radius 2 is 1.38 bits per heavy atom. The number of nitrogens with zero attached hydrogens (tertiary/aromatic N) is 1. The number of hydrogen-bond acceptors (Lipinski definition) is 2. The van der Waals surface area contributed by atoms with E-state index in [1.165, 1.54) is 0 Å². The molecule has 1 aromatic rings. The van der Waals surface area contributed by atoms with Gasteiger partial charge in [-0.15, -0.1) is 0 Å². The fourth-order valence-corrected chi connectivity index (χ4v) is 2.66. The average molecular weight is 308 g/mol. The van der Waals surface area contributed by atoms with Gasteiger partial charge in [-0.25, -0.2) is 22.0 Å². The molecule has 1 aliphatic heterocycles. The molecule has 1 aromatic carbocycles. The van der Waals surface area contributed by atoms with Gasteiger partial charge >= 0.3 is 0 Å². The van der Waals surface area contributed by atoms with Crippen molar-refractivity contribution in [3.8, 4) is 0 Å². The van der Waals surface area contributed by atoms with Crippen LogP contribution in [0.25, 0.3) is 0 Å². The Hall–Kier alpha value is -1.21. The molecule has 2 rings (SSSR count). The van der Waals surface area contributed by atoms with E-state index in [-0.39, 0.29) is 12.6 Å². The summed E-state index contributed by atoms with van der Waals surface area (Å²) in [6.45, 7) is 3.54. The van der Waals surface area contributed by atoms with E-state index >= 15 is 0 Å². The van der Waals surface area contributed by atoms with Crippen molar-refractivity contribution in [3.63, 3.8) is 0 Å². The number of hydrogen-bond donors (Lipinski definition) is 1. The van der Waals surface area contributed by atoms with Crippen molar-refractivity contribution in [1.29, 1.82) is 0 Å². The van der Waals surface area contributed by atoms with Crippen molar-refractivity contribution in [2.24, 2.45) is 0 Å². The molecule has 0 aliphatic carbocycles. The molecule has 118 valence electrons. The number of rotatable bonds is 4. The van der Waals surface area contributed by atoms with Gasteiger partial charge in [0.15, 0.2) is 23.3 Å². The van der Waals surface area contributed by atoms with Gasteiger partial charge in [-0.3, -0.25) is 4.90 Å². The van der Waals surface area contributed by atoms with Gasteiger partial charge in [0.2, 0.25) is 5.82 Å². The number of nitrogens with one attached hydrogen (secondary N) is 1. The zero-order valence-electron chi connectivity index (χ0n) is 11.7. The monoisotopic (exact) mass is 308 g/mol. The summed E-state index contributed by atoms with van der Waals surface area (Å²) in [5, 5.41) is 3.16. The summed E-state index contributed by atoms with van der Waals surface area (Å²) in [4.78, 5) is 1.75. The molecular formula is C14H17F5N2. The van der Waals surface area contributed by atoms with Gasteiger partial charge in [-0.2, -0.15) is 0 Å². The Bertz CT molecular complexity index is 486. The minimum absolute atomic E-state index is 0.0752. The van der Waals surface area contributed by atoms with Crippen molar-refractivity contribution < 1.29 is 22.0 Å². The molecule has 1 N–H and O–H groups in total. The van der Waals surface area contributed by atoms with Crippen molar-refractivity contribution in [2.45, 2.75) is 32.4 Å². The van der Waals surface area contributed by atoms with E-state index in [2.05, 4.69) is 5.32 Å². The summed E-state index contributed by atoms with van der Waals surface area (Å²) in [5.74, 6) is -9.35. The van der Waals surface area contributed by atoms with Gasteiger partial charge in [0.25, 0.3) is 0 Å². The van der Waals surface area contributed by atoms with Crippen LogP contribution in [0.1, 0.15) is 25.3 Å². The first kappa shape index (κ1) is 16.2. The molecule has 0 spiro atoms. The molecule has 0 unspecified atom stereocenters. The van der Waals surface area contributed by atoms with Crippen LogP contribution < -0.4 is 5.32 Å². The van der Waals surface area contributed by atoms with E-state index < -0.39 is 34.6 Å². The maximum Gasteiger partial charge on any atom is 0.200 e. The van der Waals surface area contributed by atoms with E-state index in [9.17, 15) is 22.0 Å². The molecular weight excluding hydrogens is 291 g/mol. The van der Waals surface area contributed by atoms with Gasteiger partial charge in [-0.1, -0.05) is 6.92 Å². The van der Waals surface area contributed by atoms with Gasteiger partial charge < -0.3 is 5.32 Å². The highest BCUT2D eigenvalue weighted by atomic mass is 19.2. The number of piperidine rings is 1. The highest BCUT2D eigenvalue weighted by molar-refractivity contribution is 5.24. The largest absolute Gasteiger partial charge is 0.317 e. The summed E-state index contributed by atoms with van der Waals surface area (Å²) in [6, 6.07) is 0.0752. The van der Waals surface area contributed by atoms with Crippen molar-refractivity contribution in [1.82, 2.24) is 10.2 Å².